The number of carbonyl (C=O) groups is 2. The molecular weight excluding hydrogens is 312 g/mol. The van der Waals surface area contributed by atoms with E-state index in [9.17, 15) is 9.59 Å². The number of rotatable bonds is 10. The molecule has 2 N–H and O–H groups in total. The molecule has 0 bridgehead atoms. The Bertz CT molecular complexity index is 360. The second-order valence-corrected chi connectivity index (χ2v) is 8.94. The molecule has 0 fully saturated rings. The minimum atomic E-state index is -0.376. The molecule has 0 saturated carbocycles. The fourth-order valence-corrected chi connectivity index (χ4v) is 2.58. The van der Waals surface area contributed by atoms with Crippen LogP contribution in [0.25, 0.3) is 0 Å². The summed E-state index contributed by atoms with van der Waals surface area (Å²) in [4.78, 5) is 23.2. The lowest BCUT2D eigenvalue weighted by Gasteiger charge is -2.17. The molecule has 0 aromatic heterocycles. The maximum Gasteiger partial charge on any atom is 0.225 e. The summed E-state index contributed by atoms with van der Waals surface area (Å²) in [6.07, 6.45) is 0.544. The van der Waals surface area contributed by atoms with Crippen LogP contribution in [0.15, 0.2) is 0 Å². The number of nitrogens with one attached hydrogen (secondary N) is 2. The highest BCUT2D eigenvalue weighted by Crippen LogP contribution is 2.20. The van der Waals surface area contributed by atoms with Crippen molar-refractivity contribution in [3.63, 3.8) is 0 Å². The molecule has 6 heteroatoms. The summed E-state index contributed by atoms with van der Waals surface area (Å²) >= 11 is 1.81. The van der Waals surface area contributed by atoms with Crippen molar-refractivity contribution >= 4 is 23.6 Å². The first-order chi connectivity index (χ1) is 10.5. The summed E-state index contributed by atoms with van der Waals surface area (Å²) in [6, 6.07) is 0. The van der Waals surface area contributed by atoms with Crippen LogP contribution < -0.4 is 10.6 Å². The molecule has 5 nitrogen and oxygen atoms in total. The Morgan fingerprint density at radius 3 is 2.04 bits per heavy atom. The lowest BCUT2D eigenvalue weighted by molar-refractivity contribution is -0.128. The van der Waals surface area contributed by atoms with Gasteiger partial charge in [0.25, 0.3) is 0 Å². The van der Waals surface area contributed by atoms with Crippen molar-refractivity contribution < 1.29 is 14.3 Å². The van der Waals surface area contributed by atoms with Crippen LogP contribution in [0.2, 0.25) is 0 Å². The Labute approximate surface area is 145 Å². The van der Waals surface area contributed by atoms with Crippen LogP contribution in [0.5, 0.6) is 0 Å². The van der Waals surface area contributed by atoms with Gasteiger partial charge in [-0.25, -0.2) is 0 Å². The molecule has 0 atom stereocenters. The van der Waals surface area contributed by atoms with Crippen molar-refractivity contribution in [2.75, 3.05) is 37.8 Å². The van der Waals surface area contributed by atoms with Gasteiger partial charge in [-0.05, 0) is 11.2 Å². The van der Waals surface area contributed by atoms with Gasteiger partial charge in [0.15, 0.2) is 0 Å². The van der Waals surface area contributed by atoms with Crippen molar-refractivity contribution in [3.8, 4) is 0 Å². The van der Waals surface area contributed by atoms with Crippen molar-refractivity contribution in [2.24, 2.45) is 10.8 Å². The normalized spacial score (nSPS) is 12.1. The molecule has 2 amide bonds. The van der Waals surface area contributed by atoms with E-state index in [0.29, 0.717) is 38.1 Å². The first kappa shape index (κ1) is 22.2. The Kier molecular flexibility index (Phi) is 10.6. The standard InChI is InChI=1S/C17H34N2O3S/c1-16(2,3)13-23-12-7-14(20)18-8-10-22-11-9-19-15(21)17(4,5)6/h7-13H2,1-6H3,(H,18,20)(H,19,21). The van der Waals surface area contributed by atoms with Gasteiger partial charge in [-0.3, -0.25) is 9.59 Å². The number of thioether (sulfide) groups is 1. The Morgan fingerprint density at radius 2 is 1.52 bits per heavy atom. The van der Waals surface area contributed by atoms with Gasteiger partial charge < -0.3 is 15.4 Å². The van der Waals surface area contributed by atoms with Crippen LogP contribution in [-0.2, 0) is 14.3 Å². The predicted molar refractivity (Wildman–Crippen MR) is 97.7 cm³/mol. The first-order valence-corrected chi connectivity index (χ1v) is 9.38. The minimum absolute atomic E-state index is 0.0159. The molecule has 0 aliphatic carbocycles. The van der Waals surface area contributed by atoms with Crippen LogP contribution in [0.3, 0.4) is 0 Å². The lowest BCUT2D eigenvalue weighted by Crippen LogP contribution is -2.37. The van der Waals surface area contributed by atoms with Crippen LogP contribution in [0.4, 0.5) is 0 Å². The molecular formula is C17H34N2O3S. The van der Waals surface area contributed by atoms with Crippen LogP contribution in [-0.4, -0.2) is 49.6 Å². The van der Waals surface area contributed by atoms with Gasteiger partial charge in [-0.15, -0.1) is 0 Å². The third-order valence-corrected chi connectivity index (χ3v) is 4.35. The molecule has 0 unspecified atom stereocenters. The Morgan fingerprint density at radius 1 is 0.957 bits per heavy atom. The summed E-state index contributed by atoms with van der Waals surface area (Å²) in [5.41, 5.74) is -0.0730. The largest absolute Gasteiger partial charge is 0.378 e. The van der Waals surface area contributed by atoms with Crippen LogP contribution in [0.1, 0.15) is 48.0 Å². The fourth-order valence-electron chi connectivity index (χ4n) is 1.50. The monoisotopic (exact) mass is 346 g/mol. The van der Waals surface area contributed by atoms with E-state index in [0.717, 1.165) is 11.5 Å². The van der Waals surface area contributed by atoms with Gasteiger partial charge in [0.1, 0.15) is 0 Å². The summed E-state index contributed by atoms with van der Waals surface area (Å²) in [7, 11) is 0. The van der Waals surface area contributed by atoms with E-state index in [1.807, 2.05) is 32.5 Å². The molecule has 0 rings (SSSR count). The van der Waals surface area contributed by atoms with Crippen molar-refractivity contribution in [1.82, 2.24) is 10.6 Å². The van der Waals surface area contributed by atoms with Gasteiger partial charge in [0.2, 0.25) is 11.8 Å². The van der Waals surface area contributed by atoms with Crippen LogP contribution >= 0.6 is 11.8 Å². The molecule has 0 heterocycles. The quantitative estimate of drug-likeness (QED) is 0.596. The molecule has 0 spiro atoms. The smallest absolute Gasteiger partial charge is 0.225 e. The zero-order chi connectivity index (χ0) is 17.9. The molecule has 0 aromatic rings. The Balaban J connectivity index is 3.44. The highest BCUT2D eigenvalue weighted by Gasteiger charge is 2.20. The summed E-state index contributed by atoms with van der Waals surface area (Å²) in [5, 5.41) is 5.65. The second-order valence-electron chi connectivity index (χ2n) is 7.83. The highest BCUT2D eigenvalue weighted by molar-refractivity contribution is 7.99. The Hall–Kier alpha value is -0.750. The highest BCUT2D eigenvalue weighted by atomic mass is 32.2. The van der Waals surface area contributed by atoms with E-state index in [-0.39, 0.29) is 17.2 Å². The number of carbonyl (C=O) groups excluding carboxylic acids is 2. The van der Waals surface area contributed by atoms with Gasteiger partial charge in [-0.1, -0.05) is 41.5 Å². The topological polar surface area (TPSA) is 67.4 Å². The maximum atomic E-state index is 11.6. The minimum Gasteiger partial charge on any atom is -0.378 e. The molecule has 0 aliphatic rings. The molecule has 23 heavy (non-hydrogen) atoms. The third-order valence-electron chi connectivity index (χ3n) is 2.79. The maximum absolute atomic E-state index is 11.6. The molecule has 0 aromatic carbocycles. The van der Waals surface area contributed by atoms with E-state index in [1.54, 1.807) is 0 Å². The van der Waals surface area contributed by atoms with Gasteiger partial charge in [0, 0.05) is 30.7 Å². The summed E-state index contributed by atoms with van der Waals surface area (Å²) in [5.74, 6) is 1.99. The van der Waals surface area contributed by atoms with Crippen molar-refractivity contribution in [1.29, 1.82) is 0 Å². The van der Waals surface area contributed by atoms with E-state index in [4.69, 9.17) is 4.74 Å². The summed E-state index contributed by atoms with van der Waals surface area (Å²) < 4.78 is 5.38. The summed E-state index contributed by atoms with van der Waals surface area (Å²) in [6.45, 7) is 14.1. The van der Waals surface area contributed by atoms with Crippen molar-refractivity contribution in [2.45, 2.75) is 48.0 Å². The second kappa shape index (κ2) is 10.9. The predicted octanol–water partition coefficient (Wildman–Crippen LogP) is 2.45. The number of hydrogen-bond donors (Lipinski definition) is 2. The average molecular weight is 347 g/mol. The van der Waals surface area contributed by atoms with E-state index >= 15 is 0 Å². The zero-order valence-corrected chi connectivity index (χ0v) is 16.4. The average Bonchev–Trinajstić information content (AvgIpc) is 2.40. The fraction of sp³-hybridized carbons (Fsp3) is 0.882. The van der Waals surface area contributed by atoms with E-state index in [2.05, 4.69) is 31.4 Å². The molecule has 136 valence electrons. The third kappa shape index (κ3) is 14.6. The number of amides is 2. The van der Waals surface area contributed by atoms with E-state index in [1.165, 1.54) is 0 Å². The molecule has 0 radical (unpaired) electrons. The SMILES string of the molecule is CC(C)(C)CSCCC(=O)NCCOCCNC(=O)C(C)(C)C. The van der Waals surface area contributed by atoms with Crippen molar-refractivity contribution in [3.05, 3.63) is 0 Å². The molecule has 0 saturated heterocycles. The first-order valence-electron chi connectivity index (χ1n) is 8.23. The van der Waals surface area contributed by atoms with Gasteiger partial charge in [-0.2, -0.15) is 11.8 Å². The number of hydrogen-bond acceptors (Lipinski definition) is 4. The number of ether oxygens (including phenoxy) is 1. The lowest BCUT2D eigenvalue weighted by atomic mass is 9.96. The zero-order valence-electron chi connectivity index (χ0n) is 15.6. The molecule has 0 aliphatic heterocycles. The van der Waals surface area contributed by atoms with Gasteiger partial charge >= 0.3 is 0 Å². The van der Waals surface area contributed by atoms with Crippen LogP contribution in [0, 0.1) is 10.8 Å². The van der Waals surface area contributed by atoms with E-state index < -0.39 is 0 Å². The van der Waals surface area contributed by atoms with Gasteiger partial charge in [0.05, 0.1) is 13.2 Å².